The fourth-order valence-electron chi connectivity index (χ4n) is 0.412. The highest BCUT2D eigenvalue weighted by Crippen LogP contribution is 1.87. The number of hydrogen-bond acceptors (Lipinski definition) is 2. The molecule has 0 aliphatic carbocycles. The van der Waals surface area contributed by atoms with E-state index in [-0.39, 0.29) is 0 Å². The van der Waals surface area contributed by atoms with Crippen molar-refractivity contribution in [2.75, 3.05) is 0 Å². The zero-order valence-corrected chi connectivity index (χ0v) is 5.85. The number of hydrogen-bond donors (Lipinski definition) is 1. The van der Waals surface area contributed by atoms with Gasteiger partial charge in [0.15, 0.2) is 0 Å². The van der Waals surface area contributed by atoms with Crippen LogP contribution in [-0.2, 0) is 9.24 Å². The molecule has 9 heavy (non-hydrogen) atoms. The molecule has 0 unspecified atom stereocenters. The smallest absolute Gasteiger partial charge is 0.249 e. The van der Waals surface area contributed by atoms with Gasteiger partial charge in [0, 0.05) is 0 Å². The van der Waals surface area contributed by atoms with Gasteiger partial charge in [0.25, 0.3) is 6.33 Å². The molecule has 1 heterocycles. The number of H-pyrrole nitrogens is 1. The third-order valence-electron chi connectivity index (χ3n) is 0.771. The van der Waals surface area contributed by atoms with Gasteiger partial charge in [-0.2, -0.15) is 8.42 Å². The summed E-state index contributed by atoms with van der Waals surface area (Å²) in [7, 11) is 1.31. The molecule has 0 radical (unpaired) electrons. The first-order chi connectivity index (χ1) is 4.11. The van der Waals surface area contributed by atoms with E-state index in [1.807, 2.05) is 0 Å². The summed E-state index contributed by atoms with van der Waals surface area (Å²) in [5.41, 5.74) is 0. The van der Waals surface area contributed by atoms with E-state index < -0.39 is 9.24 Å². The van der Waals surface area contributed by atoms with Crippen LogP contribution >= 0.6 is 10.7 Å². The van der Waals surface area contributed by atoms with Crippen LogP contribution in [0.25, 0.3) is 0 Å². The molecule has 0 aromatic carbocycles. The van der Waals surface area contributed by atoms with Crippen LogP contribution in [0, 0.1) is 0 Å². The molecule has 0 amide bonds. The number of halogens is 1. The van der Waals surface area contributed by atoms with Gasteiger partial charge in [0.1, 0.15) is 12.4 Å². The third-order valence-corrected chi connectivity index (χ3v) is 1.98. The minimum Gasteiger partial charge on any atom is -0.249 e. The quantitative estimate of drug-likeness (QED) is 0.459. The summed E-state index contributed by atoms with van der Waals surface area (Å²) in [5, 5.41) is 0. The van der Waals surface area contributed by atoms with Crippen molar-refractivity contribution in [3.63, 3.8) is 0 Å². The number of nitrogens with one attached hydrogen (secondary N) is 1. The molecule has 1 aromatic heterocycles. The maximum absolute atomic E-state index is 10.4. The molecule has 0 atom stereocenters. The van der Waals surface area contributed by atoms with Crippen molar-refractivity contribution < 1.29 is 12.4 Å². The van der Waals surface area contributed by atoms with E-state index in [2.05, 4.69) is 4.98 Å². The average molecular weight is 168 g/mol. The van der Waals surface area contributed by atoms with Crippen molar-refractivity contribution >= 4 is 19.9 Å². The third kappa shape index (κ3) is 1.43. The van der Waals surface area contributed by atoms with Crippen molar-refractivity contribution in [1.82, 2.24) is 4.98 Å². The Bertz CT molecular complexity index is 277. The lowest BCUT2D eigenvalue weighted by molar-refractivity contribution is -0.505. The minimum atomic E-state index is -3.60. The fourth-order valence-corrected chi connectivity index (χ4v) is 1.06. The molecule has 0 bridgehead atoms. The highest BCUT2D eigenvalue weighted by molar-refractivity contribution is 8.08. The Morgan fingerprint density at radius 3 is 2.44 bits per heavy atom. The lowest BCUT2D eigenvalue weighted by Gasteiger charge is -1.81. The van der Waals surface area contributed by atoms with Crippen molar-refractivity contribution in [2.24, 2.45) is 0 Å². The number of aromatic nitrogens is 2. The first-order valence-corrected chi connectivity index (χ1v) is 4.36. The zero-order chi connectivity index (χ0) is 6.91. The van der Waals surface area contributed by atoms with Crippen molar-refractivity contribution in [3.05, 3.63) is 18.7 Å². The Kier molecular flexibility index (Phi) is 1.46. The molecular formula is C3H4ClN2O2S+. The molecule has 0 saturated carbocycles. The summed E-state index contributed by atoms with van der Waals surface area (Å²) in [6.07, 6.45) is 4.00. The monoisotopic (exact) mass is 167 g/mol. The Labute approximate surface area is 56.6 Å². The Morgan fingerprint density at radius 1 is 1.56 bits per heavy atom. The van der Waals surface area contributed by atoms with Gasteiger partial charge >= 0.3 is 9.24 Å². The van der Waals surface area contributed by atoms with Crippen LogP contribution in [0.2, 0.25) is 0 Å². The first kappa shape index (κ1) is 6.57. The van der Waals surface area contributed by atoms with Gasteiger partial charge in [-0.15, -0.1) is 3.97 Å². The Morgan fingerprint density at radius 2 is 2.22 bits per heavy atom. The molecule has 0 aliphatic heterocycles. The van der Waals surface area contributed by atoms with Gasteiger partial charge in [0.05, 0.1) is 10.7 Å². The predicted octanol–water partition coefficient (Wildman–Crippen LogP) is -0.366. The van der Waals surface area contributed by atoms with Gasteiger partial charge in [-0.05, 0) is 0 Å². The van der Waals surface area contributed by atoms with Crippen molar-refractivity contribution in [2.45, 2.75) is 0 Å². The molecule has 1 N–H and O–H groups in total. The number of nitrogens with zero attached hydrogens (tertiary/aromatic N) is 1. The number of imidazole rings is 1. The van der Waals surface area contributed by atoms with Gasteiger partial charge < -0.3 is 0 Å². The molecule has 50 valence electrons. The maximum atomic E-state index is 10.4. The highest BCUT2D eigenvalue weighted by Gasteiger charge is 2.11. The van der Waals surface area contributed by atoms with Gasteiger partial charge in [-0.3, -0.25) is 0 Å². The van der Waals surface area contributed by atoms with E-state index in [4.69, 9.17) is 10.7 Å². The van der Waals surface area contributed by atoms with E-state index >= 15 is 0 Å². The SMILES string of the molecule is O=S(=O)(Cl)[n+]1cc[nH]c1. The standard InChI is InChI=1S/C3H3ClN2O2S/c4-9(7,8)6-2-1-5-3-6/h1-3H/p+1. The van der Waals surface area contributed by atoms with Crippen molar-refractivity contribution in [1.29, 1.82) is 0 Å². The number of rotatable bonds is 1. The summed E-state index contributed by atoms with van der Waals surface area (Å²) in [6.45, 7) is 0. The van der Waals surface area contributed by atoms with Gasteiger partial charge in [0.2, 0.25) is 0 Å². The first-order valence-electron chi connectivity index (χ1n) is 2.10. The summed E-state index contributed by atoms with van der Waals surface area (Å²) >= 11 is 0. The van der Waals surface area contributed by atoms with E-state index in [1.54, 1.807) is 0 Å². The van der Waals surface area contributed by atoms with Crippen LogP contribution in [0.5, 0.6) is 0 Å². The fraction of sp³-hybridized carbons (Fsp3) is 0. The molecule has 0 fully saturated rings. The topological polar surface area (TPSA) is 53.8 Å². The molecule has 0 spiro atoms. The highest BCUT2D eigenvalue weighted by atomic mass is 35.7. The van der Waals surface area contributed by atoms with Crippen LogP contribution in [0.1, 0.15) is 0 Å². The zero-order valence-electron chi connectivity index (χ0n) is 4.28. The summed E-state index contributed by atoms with van der Waals surface area (Å²) in [6, 6.07) is 0. The molecule has 1 aromatic rings. The van der Waals surface area contributed by atoms with Crippen LogP contribution in [0.3, 0.4) is 0 Å². The average Bonchev–Trinajstić information content (AvgIpc) is 2.08. The maximum Gasteiger partial charge on any atom is 0.395 e. The summed E-state index contributed by atoms with van der Waals surface area (Å²) in [5.74, 6) is 0. The second-order valence-electron chi connectivity index (χ2n) is 1.38. The molecule has 0 aliphatic rings. The molecular weight excluding hydrogens is 164 g/mol. The molecule has 4 nitrogen and oxygen atoms in total. The minimum absolute atomic E-state index is 0.870. The van der Waals surface area contributed by atoms with E-state index in [0.29, 0.717) is 0 Å². The largest absolute Gasteiger partial charge is 0.395 e. The summed E-state index contributed by atoms with van der Waals surface area (Å²) in [4.78, 5) is 2.54. The second-order valence-corrected chi connectivity index (χ2v) is 3.80. The summed E-state index contributed by atoms with van der Waals surface area (Å²) < 4.78 is 21.7. The Balaban J connectivity index is 3.20. The Hall–Kier alpha value is -0.550. The number of aromatic amines is 1. The van der Waals surface area contributed by atoms with E-state index in [0.717, 1.165) is 3.97 Å². The lowest BCUT2D eigenvalue weighted by Crippen LogP contribution is -2.35. The lowest BCUT2D eigenvalue weighted by atomic mass is 11.0. The predicted molar refractivity (Wildman–Crippen MR) is 31.2 cm³/mol. The molecule has 0 saturated heterocycles. The van der Waals surface area contributed by atoms with Crippen LogP contribution < -0.4 is 3.97 Å². The molecule has 1 rings (SSSR count). The van der Waals surface area contributed by atoms with Crippen LogP contribution in [0.15, 0.2) is 18.7 Å². The van der Waals surface area contributed by atoms with Crippen LogP contribution in [-0.4, -0.2) is 13.4 Å². The van der Waals surface area contributed by atoms with E-state index in [1.165, 1.54) is 18.7 Å². The van der Waals surface area contributed by atoms with E-state index in [9.17, 15) is 8.42 Å². The van der Waals surface area contributed by atoms with Gasteiger partial charge in [-0.25, -0.2) is 4.98 Å². The van der Waals surface area contributed by atoms with Gasteiger partial charge in [-0.1, -0.05) is 0 Å². The van der Waals surface area contributed by atoms with Crippen LogP contribution in [0.4, 0.5) is 0 Å². The van der Waals surface area contributed by atoms with Crippen molar-refractivity contribution in [3.8, 4) is 0 Å². The molecule has 6 heteroatoms. The second kappa shape index (κ2) is 2.00. The normalized spacial score (nSPS) is 11.7.